The van der Waals surface area contributed by atoms with Gasteiger partial charge < -0.3 is 15.5 Å². The van der Waals surface area contributed by atoms with Gasteiger partial charge in [0.05, 0.1) is 4.47 Å². The quantitative estimate of drug-likeness (QED) is 0.393. The fraction of sp³-hybridized carbons (Fsp3) is 0.0909. The molecule has 94 valence electrons. The first-order valence-electron chi connectivity index (χ1n) is 5.05. The smallest absolute Gasteiger partial charge is 0.206 e. The number of aromatic nitrogens is 2. The summed E-state index contributed by atoms with van der Waals surface area (Å²) in [6.07, 6.45) is 3.25. The number of imidazole rings is 1. The van der Waals surface area contributed by atoms with Crippen LogP contribution >= 0.6 is 15.9 Å². The van der Waals surface area contributed by atoms with Crippen LogP contribution in [0.3, 0.4) is 0 Å². The fourth-order valence-electron chi connectivity index (χ4n) is 1.55. The Balaban J connectivity index is 2.29. The topological polar surface area (TPSA) is 76.4 Å². The van der Waals surface area contributed by atoms with E-state index < -0.39 is 0 Å². The third-order valence-electron chi connectivity index (χ3n) is 2.39. The standard InChI is InChI=1S/C11H10BrFN4O/c12-8-5-7(1-2-9(8)13)6-17-4-3-15-11(17)10(14)16-18/h1-5,18H,6H2,(H2,14,16). The molecule has 0 aliphatic rings. The summed E-state index contributed by atoms with van der Waals surface area (Å²) in [4.78, 5) is 3.98. The van der Waals surface area contributed by atoms with E-state index in [4.69, 9.17) is 10.9 Å². The number of halogens is 2. The Hall–Kier alpha value is -1.89. The van der Waals surface area contributed by atoms with Crippen LogP contribution < -0.4 is 5.73 Å². The zero-order valence-corrected chi connectivity index (χ0v) is 10.8. The number of hydrogen-bond acceptors (Lipinski definition) is 3. The van der Waals surface area contributed by atoms with E-state index in [1.165, 1.54) is 6.07 Å². The fourth-order valence-corrected chi connectivity index (χ4v) is 1.98. The van der Waals surface area contributed by atoms with Crippen molar-refractivity contribution in [2.24, 2.45) is 10.9 Å². The summed E-state index contributed by atoms with van der Waals surface area (Å²) < 4.78 is 15.2. The van der Waals surface area contributed by atoms with Gasteiger partial charge >= 0.3 is 0 Å². The molecule has 0 spiro atoms. The van der Waals surface area contributed by atoms with Crippen molar-refractivity contribution >= 4 is 21.8 Å². The Bertz CT molecular complexity index is 596. The third kappa shape index (κ3) is 2.51. The molecule has 0 bridgehead atoms. The molecule has 0 saturated carbocycles. The van der Waals surface area contributed by atoms with Crippen LogP contribution in [0, 0.1) is 5.82 Å². The van der Waals surface area contributed by atoms with Crippen molar-refractivity contribution in [2.45, 2.75) is 6.54 Å². The van der Waals surface area contributed by atoms with Gasteiger partial charge in [-0.1, -0.05) is 11.2 Å². The van der Waals surface area contributed by atoms with Crippen LogP contribution in [0.15, 0.2) is 40.2 Å². The maximum absolute atomic E-state index is 13.1. The number of oxime groups is 1. The summed E-state index contributed by atoms with van der Waals surface area (Å²) in [5.74, 6) is -0.0276. The second-order valence-electron chi connectivity index (χ2n) is 3.61. The first-order valence-corrected chi connectivity index (χ1v) is 5.84. The van der Waals surface area contributed by atoms with Gasteiger partial charge in [0.25, 0.3) is 0 Å². The van der Waals surface area contributed by atoms with Gasteiger partial charge in [0, 0.05) is 18.9 Å². The second kappa shape index (κ2) is 5.18. The molecule has 1 aromatic heterocycles. The lowest BCUT2D eigenvalue weighted by atomic mass is 10.2. The van der Waals surface area contributed by atoms with Crippen LogP contribution in [0.5, 0.6) is 0 Å². The summed E-state index contributed by atoms with van der Waals surface area (Å²) in [5, 5.41) is 11.5. The molecule has 0 atom stereocenters. The molecule has 0 unspecified atom stereocenters. The number of nitrogens with zero attached hydrogens (tertiary/aromatic N) is 3. The van der Waals surface area contributed by atoms with Gasteiger partial charge in [-0.3, -0.25) is 0 Å². The van der Waals surface area contributed by atoms with Crippen molar-refractivity contribution in [1.82, 2.24) is 9.55 Å². The first-order chi connectivity index (χ1) is 8.61. The van der Waals surface area contributed by atoms with Crippen molar-refractivity contribution in [3.8, 4) is 0 Å². The van der Waals surface area contributed by atoms with E-state index >= 15 is 0 Å². The van der Waals surface area contributed by atoms with Crippen LogP contribution in [0.1, 0.15) is 11.4 Å². The maximum Gasteiger partial charge on any atom is 0.206 e. The summed E-state index contributed by atoms with van der Waals surface area (Å²) >= 11 is 3.12. The van der Waals surface area contributed by atoms with Crippen LogP contribution in [0.25, 0.3) is 0 Å². The van der Waals surface area contributed by atoms with E-state index in [1.807, 2.05) is 0 Å². The highest BCUT2D eigenvalue weighted by Crippen LogP contribution is 2.17. The molecule has 0 aliphatic heterocycles. The lowest BCUT2D eigenvalue weighted by Crippen LogP contribution is -2.19. The molecule has 0 saturated heterocycles. The summed E-state index contributed by atoms with van der Waals surface area (Å²) in [5.41, 5.74) is 6.36. The van der Waals surface area contributed by atoms with Gasteiger partial charge in [-0.15, -0.1) is 0 Å². The van der Waals surface area contributed by atoms with E-state index in [9.17, 15) is 4.39 Å². The Morgan fingerprint density at radius 1 is 1.56 bits per heavy atom. The molecule has 0 fully saturated rings. The minimum absolute atomic E-state index is 0.0684. The number of hydrogen-bond donors (Lipinski definition) is 2. The van der Waals surface area contributed by atoms with Gasteiger partial charge in [-0.05, 0) is 33.6 Å². The Morgan fingerprint density at radius 2 is 2.33 bits per heavy atom. The lowest BCUT2D eigenvalue weighted by Gasteiger charge is -2.07. The van der Waals surface area contributed by atoms with Gasteiger partial charge in [-0.2, -0.15) is 0 Å². The molecule has 0 aliphatic carbocycles. The second-order valence-corrected chi connectivity index (χ2v) is 4.47. The lowest BCUT2D eigenvalue weighted by molar-refractivity contribution is 0.318. The molecular weight excluding hydrogens is 303 g/mol. The van der Waals surface area contributed by atoms with Gasteiger partial charge in [0.1, 0.15) is 5.82 Å². The van der Waals surface area contributed by atoms with Crippen molar-refractivity contribution in [3.63, 3.8) is 0 Å². The number of benzene rings is 1. The summed E-state index contributed by atoms with van der Waals surface area (Å²) in [6.45, 7) is 0.449. The highest BCUT2D eigenvalue weighted by molar-refractivity contribution is 9.10. The molecule has 2 aromatic rings. The van der Waals surface area contributed by atoms with Crippen LogP contribution in [-0.4, -0.2) is 20.6 Å². The molecule has 0 amide bonds. The molecular formula is C11H10BrFN4O. The van der Waals surface area contributed by atoms with E-state index in [-0.39, 0.29) is 11.7 Å². The zero-order chi connectivity index (χ0) is 13.1. The highest BCUT2D eigenvalue weighted by Gasteiger charge is 2.09. The molecule has 1 heterocycles. The molecule has 5 nitrogen and oxygen atoms in total. The molecule has 7 heteroatoms. The van der Waals surface area contributed by atoms with Crippen LogP contribution in [0.2, 0.25) is 0 Å². The molecule has 18 heavy (non-hydrogen) atoms. The number of rotatable bonds is 3. The normalized spacial score (nSPS) is 11.8. The maximum atomic E-state index is 13.1. The molecule has 1 aromatic carbocycles. The van der Waals surface area contributed by atoms with Crippen molar-refractivity contribution in [3.05, 3.63) is 52.3 Å². The third-order valence-corrected chi connectivity index (χ3v) is 3.00. The van der Waals surface area contributed by atoms with Crippen LogP contribution in [-0.2, 0) is 6.54 Å². The monoisotopic (exact) mass is 312 g/mol. The first kappa shape index (κ1) is 12.6. The molecule has 3 N–H and O–H groups in total. The number of amidine groups is 1. The Morgan fingerprint density at radius 3 is 3.00 bits per heavy atom. The minimum atomic E-state index is -0.318. The van der Waals surface area contributed by atoms with E-state index in [0.717, 1.165) is 5.56 Å². The highest BCUT2D eigenvalue weighted by atomic mass is 79.9. The largest absolute Gasteiger partial charge is 0.409 e. The average Bonchev–Trinajstić information content (AvgIpc) is 2.81. The SMILES string of the molecule is NC(=NO)c1nccn1Cc1ccc(F)c(Br)c1. The van der Waals surface area contributed by atoms with Crippen LogP contribution in [0.4, 0.5) is 4.39 Å². The predicted molar refractivity (Wildman–Crippen MR) is 67.9 cm³/mol. The van der Waals surface area contributed by atoms with E-state index in [0.29, 0.717) is 16.8 Å². The molecule has 0 radical (unpaired) electrons. The van der Waals surface area contributed by atoms with Crippen molar-refractivity contribution < 1.29 is 9.60 Å². The van der Waals surface area contributed by atoms with Gasteiger partial charge in [0.15, 0.2) is 5.82 Å². The van der Waals surface area contributed by atoms with Crippen molar-refractivity contribution in [2.75, 3.05) is 0 Å². The Kier molecular flexibility index (Phi) is 3.61. The summed E-state index contributed by atoms with van der Waals surface area (Å²) in [7, 11) is 0. The molecule has 2 rings (SSSR count). The Labute approximate surface area is 111 Å². The van der Waals surface area contributed by atoms with E-state index in [1.54, 1.807) is 29.1 Å². The average molecular weight is 313 g/mol. The summed E-state index contributed by atoms with van der Waals surface area (Å²) in [6, 6.07) is 4.71. The number of nitrogens with two attached hydrogens (primary N) is 1. The zero-order valence-electron chi connectivity index (χ0n) is 9.22. The van der Waals surface area contributed by atoms with Gasteiger partial charge in [0.2, 0.25) is 5.84 Å². The predicted octanol–water partition coefficient (Wildman–Crippen LogP) is 1.93. The minimum Gasteiger partial charge on any atom is -0.409 e. The van der Waals surface area contributed by atoms with E-state index in [2.05, 4.69) is 26.1 Å². The van der Waals surface area contributed by atoms with Gasteiger partial charge in [-0.25, -0.2) is 9.37 Å². The van der Waals surface area contributed by atoms with Crippen molar-refractivity contribution in [1.29, 1.82) is 0 Å².